The van der Waals surface area contributed by atoms with E-state index in [1.165, 1.54) is 0 Å². The van der Waals surface area contributed by atoms with E-state index in [0.717, 1.165) is 0 Å². The van der Waals surface area contributed by atoms with Crippen molar-refractivity contribution in [3.05, 3.63) is 0 Å². The Morgan fingerprint density at radius 1 is 0.188 bits per heavy atom. The summed E-state index contributed by atoms with van der Waals surface area (Å²) in [6, 6.07) is 0. The second-order valence-corrected chi connectivity index (χ2v) is 17.5. The Morgan fingerprint density at radius 2 is 0.333 bits per heavy atom. The molecule has 0 aliphatic rings. The minimum atomic E-state index is -1.37. The normalized spacial score (nSPS) is 9.83. The zero-order valence-electron chi connectivity index (χ0n) is 36.4. The molecule has 0 aliphatic heterocycles. The first-order valence-corrected chi connectivity index (χ1v) is 20.7. The Hall–Kier alpha value is 4.48. The summed E-state index contributed by atoms with van der Waals surface area (Å²) in [6.07, 6.45) is -33.6. The highest BCUT2D eigenvalue weighted by Crippen LogP contribution is 2.26. The van der Waals surface area contributed by atoms with E-state index in [-0.39, 0.29) is 64.2 Å². The Labute approximate surface area is 484 Å². The van der Waals surface area contributed by atoms with Gasteiger partial charge in [-0.25, -0.2) is 0 Å². The average molecular weight is 764 g/mol. The minimum absolute atomic E-state index is 0.00990. The fourth-order valence-electron chi connectivity index (χ4n) is 10.9. The Bertz CT molecular complexity index is 1130. The topological polar surface area (TPSA) is 0 Å². The van der Waals surface area contributed by atoms with E-state index < -0.39 is 180 Å². The monoisotopic (exact) mass is 778 g/mol. The van der Waals surface area contributed by atoms with Crippen LogP contribution in [0.4, 0.5) is 0 Å². The Balaban J connectivity index is 11.6. The van der Waals surface area contributed by atoms with Crippen LogP contribution in [-0.4, -0.2) is 489 Å². The Kier molecular flexibility index (Phi) is 36.1. The van der Waals surface area contributed by atoms with E-state index in [4.69, 9.17) is 224 Å². The van der Waals surface area contributed by atoms with Crippen LogP contribution in [0.25, 0.3) is 0 Å². The average Bonchev–Trinajstić information content (AvgIpc) is 3.12. The van der Waals surface area contributed by atoms with Crippen molar-refractivity contribution in [1.82, 2.24) is 0 Å². The molecule has 0 nitrogen and oxygen atoms in total. The molecule has 0 saturated heterocycles. The van der Waals surface area contributed by atoms with Gasteiger partial charge in [-0.15, -0.1) is 37.3 Å². The highest BCUT2D eigenvalue weighted by Gasteiger charge is 2.63. The van der Waals surface area contributed by atoms with Crippen molar-refractivity contribution < 1.29 is 0 Å². The van der Waals surface area contributed by atoms with Crippen LogP contribution in [-0.2, 0) is 0 Å². The predicted octanol–water partition coefficient (Wildman–Crippen LogP) is -31.1. The highest BCUT2D eigenvalue weighted by molar-refractivity contribution is 8.39. The maximum atomic E-state index is 7.41. The largest absolute Gasteiger partial charge is 0.264 e. The molecule has 0 bridgehead atoms. The van der Waals surface area contributed by atoms with Crippen LogP contribution in [0.15, 0.2) is 0 Å². The van der Waals surface area contributed by atoms with Gasteiger partial charge in [0.05, 0.1) is 0 Å². The number of rotatable bonds is 33. The summed E-state index contributed by atoms with van der Waals surface area (Å²) < 4.78 is 0. The summed E-state index contributed by atoms with van der Waals surface area (Å²) in [7, 11) is 202. The molecule has 0 amide bonds. The van der Waals surface area contributed by atoms with Gasteiger partial charge in [0.1, 0.15) is 0 Å². The summed E-state index contributed by atoms with van der Waals surface area (Å²) in [5.74, 6) is 0. The van der Waals surface area contributed by atoms with Gasteiger partial charge in [0.2, 0.25) is 0 Å². The summed E-state index contributed by atoms with van der Waals surface area (Å²) in [5.41, 5.74) is 0. The molecule has 0 unspecified atom stereocenters. The quantitative estimate of drug-likeness (QED) is 0.0584. The fourth-order valence-corrected chi connectivity index (χ4v) is 10.9. The van der Waals surface area contributed by atoms with E-state index in [1.54, 1.807) is 0 Å². The lowest BCUT2D eigenvalue weighted by atomic mass is 8.21. The third-order valence-electron chi connectivity index (χ3n) is 13.1. The molecule has 0 rings (SSSR count). The molecular formula is H18B69-6. The van der Waals surface area contributed by atoms with E-state index in [9.17, 15) is 0 Å². The maximum absolute atomic E-state index is 7.41. The first-order chi connectivity index (χ1) is 31.4. The van der Waals surface area contributed by atoms with Crippen LogP contribution in [0.3, 0.4) is 0 Å². The molecule has 59 radical (unpaired) electrons. The van der Waals surface area contributed by atoms with Gasteiger partial charge in [-0.05, 0) is 403 Å². The summed E-state index contributed by atoms with van der Waals surface area (Å²) in [6.45, 7) is 0. The van der Waals surface area contributed by atoms with Crippen molar-refractivity contribution in [2.45, 2.75) is 0 Å². The molecule has 69 heteroatoms. The zero-order chi connectivity index (χ0) is 54.8. The molecule has 69 heavy (non-hydrogen) atoms. The number of hydrogen-bond donors (Lipinski definition) is 0. The minimum Gasteiger partial charge on any atom is -0.264 e. The van der Waals surface area contributed by atoms with Crippen molar-refractivity contribution in [3.8, 4) is 0 Å². The number of hydrogen-bond acceptors (Lipinski definition) is 0. The summed E-state index contributed by atoms with van der Waals surface area (Å²) in [4.78, 5) is 0. The molecule has 0 N–H and O–H groups in total. The summed E-state index contributed by atoms with van der Waals surface area (Å²) in [5, 5.41) is 0. The van der Waals surface area contributed by atoms with Gasteiger partial charge in [0, 0.05) is 0 Å². The van der Waals surface area contributed by atoms with E-state index >= 15 is 0 Å². The molecule has 0 heterocycles. The first kappa shape index (κ1) is 73.5. The molecule has 0 aromatic heterocycles. The molecule has 0 aliphatic carbocycles. The third kappa shape index (κ3) is 19.9. The van der Waals surface area contributed by atoms with E-state index in [0.29, 0.717) is 12.8 Å². The SMILES string of the molecule is [B]B([B])B(B([B])[B])B(B(B([B])[B])B([B])[B])B(B(B(B([B])[B])B([B])[B])B(B([B])[B])B([B])[B])B(B(B(B([B])[B])B([B])[B])B(B([B])[B])B([B])[B])B(B(B([B])[B])B([B])[B])B(B([B][BH3-])B([BH3-])[BH3-])B(B([B])[BH3-])B([BH3-])[BH3-]. The predicted molar refractivity (Wildman–Crippen MR) is 422 cm³/mol. The Morgan fingerprint density at radius 3 is 0.435 bits per heavy atom. The smallest absolute Gasteiger partial charge is 0.000000000000000000164 e. The van der Waals surface area contributed by atoms with Crippen LogP contribution in [0.2, 0.25) is 0 Å². The lowest BCUT2D eigenvalue weighted by Gasteiger charge is -2.61. The molecule has 0 aromatic rings. The van der Waals surface area contributed by atoms with Gasteiger partial charge in [-0.2, -0.15) is 7.06 Å². The van der Waals surface area contributed by atoms with Gasteiger partial charge in [0.15, 0.2) is 0 Å². The van der Waals surface area contributed by atoms with Crippen LogP contribution in [0.5, 0.6) is 0 Å². The van der Waals surface area contributed by atoms with E-state index in [1.807, 2.05) is 0 Å². The lowest BCUT2D eigenvalue weighted by molar-refractivity contribution is 3.15. The molecule has 0 aromatic carbocycles. The van der Waals surface area contributed by atoms with Crippen molar-refractivity contribution >= 4 is 489 Å². The van der Waals surface area contributed by atoms with Crippen LogP contribution < -0.4 is 0 Å². The maximum Gasteiger partial charge on any atom is -0.000000000000000000164 e. The molecule has 0 spiro atoms. The van der Waals surface area contributed by atoms with Crippen LogP contribution in [0.1, 0.15) is 0 Å². The van der Waals surface area contributed by atoms with Crippen LogP contribution in [0, 0.1) is 0 Å². The van der Waals surface area contributed by atoms with Gasteiger partial charge >= 0.3 is 0 Å². The second kappa shape index (κ2) is 33.9. The molecule has 0 atom stereocenters. The molecule has 231 valence electrons. The first-order valence-electron chi connectivity index (χ1n) is 20.7. The summed E-state index contributed by atoms with van der Waals surface area (Å²) >= 11 is 0. The standard InChI is InChI=1S/B69H18/c1-36-54(37(2)3)63(55(38(4)5)39(6)7)67(62(52(32)33)53(34)35)69(66(60(48(24)25)49(26)27)61(50(28)29)51(30)31)68(64(56(40(8)9)41(10)11)57(42(12)13)43(14)15)65(58(44(16)17)45(18)19)59(46(20)21)47(22)23/h1-6H3/q-6. The van der Waals surface area contributed by atoms with Gasteiger partial charge < -0.3 is 0 Å². The van der Waals surface area contributed by atoms with Gasteiger partial charge in [-0.1, -0.05) is 28.2 Å². The van der Waals surface area contributed by atoms with Crippen molar-refractivity contribution in [3.63, 3.8) is 0 Å². The fraction of sp³-hybridized carbons (Fsp3) is 0. The van der Waals surface area contributed by atoms with Gasteiger partial charge in [-0.3, -0.25) is 12.8 Å². The van der Waals surface area contributed by atoms with Crippen molar-refractivity contribution in [2.75, 3.05) is 0 Å². The lowest BCUT2D eigenvalue weighted by Crippen LogP contribution is -2.98. The second-order valence-electron chi connectivity index (χ2n) is 17.5. The highest BCUT2D eigenvalue weighted by atomic mass is 13.5. The molecule has 0 fully saturated rings. The zero-order valence-corrected chi connectivity index (χ0v) is 36.4. The van der Waals surface area contributed by atoms with Crippen molar-refractivity contribution in [2.24, 2.45) is 0 Å². The van der Waals surface area contributed by atoms with Crippen LogP contribution >= 0.6 is 0 Å². The van der Waals surface area contributed by atoms with Crippen molar-refractivity contribution in [1.29, 1.82) is 0 Å². The molecular weight excluding hydrogens is 746 g/mol. The molecule has 0 saturated carbocycles. The third-order valence-corrected chi connectivity index (χ3v) is 13.1. The van der Waals surface area contributed by atoms with E-state index in [2.05, 4.69) is 7.06 Å². The van der Waals surface area contributed by atoms with Gasteiger partial charge in [0.25, 0.3) is 0 Å².